The van der Waals surface area contributed by atoms with E-state index in [4.69, 9.17) is 10.5 Å². The number of nitrogen functional groups attached to an aromatic ring is 1. The van der Waals surface area contributed by atoms with Gasteiger partial charge in [-0.15, -0.1) is 0 Å². The number of benzene rings is 1. The van der Waals surface area contributed by atoms with Crippen LogP contribution in [0.25, 0.3) is 0 Å². The SMILES string of the molecule is CCOC(C)(c1cccc(N)c1)C(C)(C)C. The van der Waals surface area contributed by atoms with Crippen LogP contribution >= 0.6 is 0 Å². The summed E-state index contributed by atoms with van der Waals surface area (Å²) in [5.41, 5.74) is 7.48. The molecule has 0 spiro atoms. The quantitative estimate of drug-likeness (QED) is 0.792. The summed E-state index contributed by atoms with van der Waals surface area (Å²) in [7, 11) is 0. The summed E-state index contributed by atoms with van der Waals surface area (Å²) in [6.45, 7) is 11.4. The van der Waals surface area contributed by atoms with Crippen LogP contribution in [0.4, 0.5) is 5.69 Å². The van der Waals surface area contributed by atoms with E-state index in [0.29, 0.717) is 6.61 Å². The molecule has 1 aromatic rings. The van der Waals surface area contributed by atoms with E-state index in [1.165, 1.54) is 0 Å². The van der Waals surface area contributed by atoms with Crippen molar-refractivity contribution in [2.24, 2.45) is 5.41 Å². The fraction of sp³-hybridized carbons (Fsp3) is 0.571. The smallest absolute Gasteiger partial charge is 0.0951 e. The van der Waals surface area contributed by atoms with Gasteiger partial charge in [0.15, 0.2) is 0 Å². The van der Waals surface area contributed by atoms with Crippen molar-refractivity contribution in [3.63, 3.8) is 0 Å². The zero-order valence-corrected chi connectivity index (χ0v) is 11.0. The van der Waals surface area contributed by atoms with E-state index in [9.17, 15) is 0 Å². The molecule has 0 saturated heterocycles. The third-order valence-electron chi connectivity index (χ3n) is 3.30. The number of nitrogens with two attached hydrogens (primary N) is 1. The molecule has 0 radical (unpaired) electrons. The minimum absolute atomic E-state index is 0.0246. The van der Waals surface area contributed by atoms with E-state index >= 15 is 0 Å². The van der Waals surface area contributed by atoms with Crippen LogP contribution in [0.15, 0.2) is 24.3 Å². The molecule has 2 heteroatoms. The van der Waals surface area contributed by atoms with Gasteiger partial charge < -0.3 is 10.5 Å². The average molecular weight is 221 g/mol. The summed E-state index contributed by atoms with van der Waals surface area (Å²) < 4.78 is 5.98. The molecule has 1 rings (SSSR count). The maximum Gasteiger partial charge on any atom is 0.0951 e. The third kappa shape index (κ3) is 2.38. The number of rotatable bonds is 3. The molecule has 16 heavy (non-hydrogen) atoms. The number of hydrogen-bond donors (Lipinski definition) is 1. The molecule has 1 atom stereocenters. The Hall–Kier alpha value is -1.02. The Labute approximate surface area is 98.8 Å². The lowest BCUT2D eigenvalue weighted by Crippen LogP contribution is -2.40. The second-order valence-electron chi connectivity index (χ2n) is 5.34. The Morgan fingerprint density at radius 3 is 2.25 bits per heavy atom. The monoisotopic (exact) mass is 221 g/mol. The molecule has 0 aliphatic heterocycles. The first-order chi connectivity index (χ1) is 7.31. The molecule has 2 N–H and O–H groups in total. The molecular formula is C14H23NO. The number of anilines is 1. The van der Waals surface area contributed by atoms with Gasteiger partial charge in [-0.25, -0.2) is 0 Å². The van der Waals surface area contributed by atoms with Gasteiger partial charge in [0.05, 0.1) is 5.60 Å². The summed E-state index contributed by atoms with van der Waals surface area (Å²) >= 11 is 0. The molecule has 0 bridgehead atoms. The number of ether oxygens (including phenoxy) is 1. The molecule has 0 aromatic heterocycles. The van der Waals surface area contributed by atoms with E-state index < -0.39 is 0 Å². The normalized spacial score (nSPS) is 15.8. The summed E-state index contributed by atoms with van der Waals surface area (Å²) in [5.74, 6) is 0. The Morgan fingerprint density at radius 1 is 1.19 bits per heavy atom. The molecule has 0 aliphatic carbocycles. The Morgan fingerprint density at radius 2 is 1.81 bits per heavy atom. The Balaban J connectivity index is 3.21. The molecule has 0 heterocycles. The maximum absolute atomic E-state index is 5.98. The van der Waals surface area contributed by atoms with Crippen LogP contribution in [-0.4, -0.2) is 6.61 Å². The first-order valence-electron chi connectivity index (χ1n) is 5.81. The third-order valence-corrected chi connectivity index (χ3v) is 3.30. The van der Waals surface area contributed by atoms with Gasteiger partial charge >= 0.3 is 0 Å². The molecule has 0 amide bonds. The lowest BCUT2D eigenvalue weighted by molar-refractivity contribution is -0.106. The lowest BCUT2D eigenvalue weighted by Gasteiger charge is -2.42. The van der Waals surface area contributed by atoms with Crippen LogP contribution in [0.3, 0.4) is 0 Å². The van der Waals surface area contributed by atoms with Gasteiger partial charge in [0, 0.05) is 12.3 Å². The van der Waals surface area contributed by atoms with Crippen molar-refractivity contribution in [1.29, 1.82) is 0 Å². The molecule has 0 aliphatic rings. The molecule has 0 fully saturated rings. The van der Waals surface area contributed by atoms with Gasteiger partial charge in [0.25, 0.3) is 0 Å². The van der Waals surface area contributed by atoms with Crippen molar-refractivity contribution in [1.82, 2.24) is 0 Å². The Bertz CT molecular complexity index is 354. The summed E-state index contributed by atoms with van der Waals surface area (Å²) in [5, 5.41) is 0. The van der Waals surface area contributed by atoms with Gasteiger partial charge in [0.1, 0.15) is 0 Å². The van der Waals surface area contributed by atoms with Gasteiger partial charge in [-0.3, -0.25) is 0 Å². The molecule has 1 aromatic carbocycles. The van der Waals surface area contributed by atoms with Crippen molar-refractivity contribution in [2.75, 3.05) is 12.3 Å². The summed E-state index contributed by atoms with van der Waals surface area (Å²) in [6.07, 6.45) is 0. The highest BCUT2D eigenvalue weighted by atomic mass is 16.5. The van der Waals surface area contributed by atoms with E-state index in [-0.39, 0.29) is 11.0 Å². The summed E-state index contributed by atoms with van der Waals surface area (Å²) in [4.78, 5) is 0. The van der Waals surface area contributed by atoms with Gasteiger partial charge in [-0.2, -0.15) is 0 Å². The highest BCUT2D eigenvalue weighted by molar-refractivity contribution is 5.43. The first kappa shape index (κ1) is 13.0. The van der Waals surface area contributed by atoms with E-state index in [1.807, 2.05) is 25.1 Å². The van der Waals surface area contributed by atoms with E-state index in [0.717, 1.165) is 11.3 Å². The minimum Gasteiger partial charge on any atom is -0.399 e. The molecule has 1 unspecified atom stereocenters. The zero-order chi connectivity index (χ0) is 12.4. The highest BCUT2D eigenvalue weighted by Crippen LogP contribution is 2.42. The van der Waals surface area contributed by atoms with Gasteiger partial charge in [-0.1, -0.05) is 32.9 Å². The van der Waals surface area contributed by atoms with Crippen molar-refractivity contribution >= 4 is 5.69 Å². The average Bonchev–Trinajstić information content (AvgIpc) is 2.16. The fourth-order valence-corrected chi connectivity index (χ4v) is 1.86. The van der Waals surface area contributed by atoms with Crippen molar-refractivity contribution in [2.45, 2.75) is 40.2 Å². The van der Waals surface area contributed by atoms with Gasteiger partial charge in [0.2, 0.25) is 0 Å². The van der Waals surface area contributed by atoms with Crippen LogP contribution in [-0.2, 0) is 10.3 Å². The largest absolute Gasteiger partial charge is 0.399 e. The van der Waals surface area contributed by atoms with E-state index in [2.05, 4.69) is 33.8 Å². The highest BCUT2D eigenvalue weighted by Gasteiger charge is 2.39. The second-order valence-corrected chi connectivity index (χ2v) is 5.34. The Kier molecular flexibility index (Phi) is 3.64. The van der Waals surface area contributed by atoms with Crippen LogP contribution in [0.1, 0.15) is 40.2 Å². The minimum atomic E-state index is -0.308. The first-order valence-corrected chi connectivity index (χ1v) is 5.81. The summed E-state index contributed by atoms with van der Waals surface area (Å²) in [6, 6.07) is 7.96. The van der Waals surface area contributed by atoms with Crippen LogP contribution in [0, 0.1) is 5.41 Å². The fourth-order valence-electron chi connectivity index (χ4n) is 1.86. The number of hydrogen-bond acceptors (Lipinski definition) is 2. The van der Waals surface area contributed by atoms with E-state index in [1.54, 1.807) is 0 Å². The van der Waals surface area contributed by atoms with Crippen LogP contribution in [0.5, 0.6) is 0 Å². The topological polar surface area (TPSA) is 35.2 Å². The van der Waals surface area contributed by atoms with Gasteiger partial charge in [-0.05, 0) is 37.0 Å². The van der Waals surface area contributed by atoms with Crippen LogP contribution < -0.4 is 5.73 Å². The lowest BCUT2D eigenvalue weighted by atomic mass is 9.73. The maximum atomic E-state index is 5.98. The standard InChI is InChI=1S/C14H23NO/c1-6-16-14(5,13(2,3)4)11-8-7-9-12(15)10-11/h7-10H,6,15H2,1-5H3. The second kappa shape index (κ2) is 4.46. The molecule has 0 saturated carbocycles. The molecular weight excluding hydrogens is 198 g/mol. The van der Waals surface area contributed by atoms with Crippen LogP contribution in [0.2, 0.25) is 0 Å². The molecule has 2 nitrogen and oxygen atoms in total. The van der Waals surface area contributed by atoms with Crippen molar-refractivity contribution in [3.05, 3.63) is 29.8 Å². The van der Waals surface area contributed by atoms with Crippen molar-refractivity contribution < 1.29 is 4.74 Å². The predicted octanol–water partition coefficient (Wildman–Crippen LogP) is 3.57. The molecule has 90 valence electrons. The van der Waals surface area contributed by atoms with Crippen molar-refractivity contribution in [3.8, 4) is 0 Å². The zero-order valence-electron chi connectivity index (χ0n) is 11.0. The predicted molar refractivity (Wildman–Crippen MR) is 69.3 cm³/mol.